The van der Waals surface area contributed by atoms with Crippen LogP contribution in [0.2, 0.25) is 0 Å². The highest BCUT2D eigenvalue weighted by atomic mass is 16.5. The van der Waals surface area contributed by atoms with Crippen molar-refractivity contribution >= 4 is 11.6 Å². The average molecular weight is 297 g/mol. The van der Waals surface area contributed by atoms with E-state index in [9.17, 15) is 9.90 Å². The van der Waals surface area contributed by atoms with Gasteiger partial charge in [-0.25, -0.2) is 0 Å². The third kappa shape index (κ3) is 2.41. The molecule has 1 unspecified atom stereocenters. The lowest BCUT2D eigenvalue weighted by atomic mass is 9.95. The predicted octanol–water partition coefficient (Wildman–Crippen LogP) is 3.38. The molecule has 1 atom stereocenters. The highest BCUT2D eigenvalue weighted by Crippen LogP contribution is 2.33. The SMILES string of the molecule is COc1ccc(C(=O)N2c3ccccc3CCC2C)c(O)c1. The molecule has 0 saturated carbocycles. The molecule has 22 heavy (non-hydrogen) atoms. The number of carbonyl (C=O) groups excluding carboxylic acids is 1. The number of anilines is 1. The highest BCUT2D eigenvalue weighted by Gasteiger charge is 2.30. The van der Waals surface area contributed by atoms with E-state index in [4.69, 9.17) is 4.74 Å². The van der Waals surface area contributed by atoms with Gasteiger partial charge in [0.05, 0.1) is 12.7 Å². The van der Waals surface area contributed by atoms with Crippen LogP contribution in [0, 0.1) is 0 Å². The summed E-state index contributed by atoms with van der Waals surface area (Å²) in [6.07, 6.45) is 1.88. The van der Waals surface area contributed by atoms with Crippen molar-refractivity contribution in [2.75, 3.05) is 12.0 Å². The van der Waals surface area contributed by atoms with Gasteiger partial charge >= 0.3 is 0 Å². The number of methoxy groups -OCH3 is 1. The Balaban J connectivity index is 2.01. The van der Waals surface area contributed by atoms with Crippen molar-refractivity contribution in [3.05, 3.63) is 53.6 Å². The first-order valence-corrected chi connectivity index (χ1v) is 7.40. The number of ether oxygens (including phenoxy) is 1. The van der Waals surface area contributed by atoms with E-state index in [0.29, 0.717) is 11.3 Å². The monoisotopic (exact) mass is 297 g/mol. The second kappa shape index (κ2) is 5.72. The molecule has 2 aromatic rings. The van der Waals surface area contributed by atoms with Crippen LogP contribution in [0.15, 0.2) is 42.5 Å². The molecule has 0 fully saturated rings. The summed E-state index contributed by atoms with van der Waals surface area (Å²) in [7, 11) is 1.53. The molecule has 1 aliphatic heterocycles. The van der Waals surface area contributed by atoms with Gasteiger partial charge in [-0.05, 0) is 43.5 Å². The topological polar surface area (TPSA) is 49.8 Å². The Morgan fingerprint density at radius 3 is 2.77 bits per heavy atom. The van der Waals surface area contributed by atoms with Crippen LogP contribution in [-0.4, -0.2) is 24.2 Å². The highest BCUT2D eigenvalue weighted by molar-refractivity contribution is 6.08. The van der Waals surface area contributed by atoms with Gasteiger partial charge in [0.25, 0.3) is 5.91 Å². The van der Waals surface area contributed by atoms with Crippen LogP contribution in [0.1, 0.15) is 29.3 Å². The number of carbonyl (C=O) groups is 1. The first-order chi connectivity index (χ1) is 10.6. The van der Waals surface area contributed by atoms with Gasteiger partial charge in [0.1, 0.15) is 11.5 Å². The number of rotatable bonds is 2. The van der Waals surface area contributed by atoms with Gasteiger partial charge in [0.15, 0.2) is 0 Å². The third-order valence-electron chi connectivity index (χ3n) is 4.18. The van der Waals surface area contributed by atoms with E-state index in [0.717, 1.165) is 18.5 Å². The summed E-state index contributed by atoms with van der Waals surface area (Å²) in [5.41, 5.74) is 2.40. The van der Waals surface area contributed by atoms with Crippen molar-refractivity contribution in [3.63, 3.8) is 0 Å². The van der Waals surface area contributed by atoms with Crippen LogP contribution < -0.4 is 9.64 Å². The van der Waals surface area contributed by atoms with Gasteiger partial charge in [-0.3, -0.25) is 4.79 Å². The standard InChI is InChI=1S/C18H19NO3/c1-12-7-8-13-5-3-4-6-16(13)19(12)18(21)15-10-9-14(22-2)11-17(15)20/h3-6,9-12,20H,7-8H2,1-2H3. The average Bonchev–Trinajstić information content (AvgIpc) is 2.54. The number of amides is 1. The van der Waals surface area contributed by atoms with Crippen molar-refractivity contribution in [2.24, 2.45) is 0 Å². The van der Waals surface area contributed by atoms with Crippen molar-refractivity contribution in [2.45, 2.75) is 25.8 Å². The zero-order chi connectivity index (χ0) is 15.7. The maximum Gasteiger partial charge on any atom is 0.262 e. The Morgan fingerprint density at radius 1 is 1.27 bits per heavy atom. The molecule has 0 saturated heterocycles. The minimum atomic E-state index is -0.181. The fraction of sp³-hybridized carbons (Fsp3) is 0.278. The zero-order valence-electron chi connectivity index (χ0n) is 12.7. The lowest BCUT2D eigenvalue weighted by Crippen LogP contribution is -2.42. The lowest BCUT2D eigenvalue weighted by molar-refractivity contribution is 0.0972. The fourth-order valence-electron chi connectivity index (χ4n) is 2.95. The smallest absolute Gasteiger partial charge is 0.262 e. The summed E-state index contributed by atoms with van der Waals surface area (Å²) in [6, 6.07) is 12.8. The molecule has 114 valence electrons. The largest absolute Gasteiger partial charge is 0.507 e. The number of hydrogen-bond donors (Lipinski definition) is 1. The van der Waals surface area contributed by atoms with E-state index in [1.54, 1.807) is 17.0 Å². The number of para-hydroxylation sites is 1. The Labute approximate surface area is 130 Å². The van der Waals surface area contributed by atoms with Crippen LogP contribution in [0.4, 0.5) is 5.69 Å². The molecule has 2 aromatic carbocycles. The van der Waals surface area contributed by atoms with Gasteiger partial charge in [-0.2, -0.15) is 0 Å². The second-order valence-electron chi connectivity index (χ2n) is 5.57. The van der Waals surface area contributed by atoms with Crippen molar-refractivity contribution in [3.8, 4) is 11.5 Å². The molecule has 1 aliphatic rings. The second-order valence-corrected chi connectivity index (χ2v) is 5.57. The normalized spacial score (nSPS) is 17.0. The van der Waals surface area contributed by atoms with Gasteiger partial charge in [-0.15, -0.1) is 0 Å². The number of benzene rings is 2. The zero-order valence-corrected chi connectivity index (χ0v) is 12.7. The number of hydrogen-bond acceptors (Lipinski definition) is 3. The summed E-state index contributed by atoms with van der Waals surface area (Å²) in [5.74, 6) is 0.292. The maximum absolute atomic E-state index is 12.9. The van der Waals surface area contributed by atoms with Gasteiger partial charge < -0.3 is 14.7 Å². The number of aryl methyl sites for hydroxylation is 1. The fourth-order valence-corrected chi connectivity index (χ4v) is 2.95. The summed E-state index contributed by atoms with van der Waals surface area (Å²) in [4.78, 5) is 14.7. The molecular weight excluding hydrogens is 278 g/mol. The number of phenols is 1. The molecule has 1 N–H and O–H groups in total. The Kier molecular flexibility index (Phi) is 3.75. The van der Waals surface area contributed by atoms with Crippen molar-refractivity contribution < 1.29 is 14.6 Å². The molecule has 0 aliphatic carbocycles. The minimum absolute atomic E-state index is 0.0559. The van der Waals surface area contributed by atoms with Gasteiger partial charge in [-0.1, -0.05) is 18.2 Å². The van der Waals surface area contributed by atoms with E-state index in [-0.39, 0.29) is 17.7 Å². The van der Waals surface area contributed by atoms with Crippen LogP contribution in [0.3, 0.4) is 0 Å². The van der Waals surface area contributed by atoms with Crippen molar-refractivity contribution in [1.29, 1.82) is 0 Å². The van der Waals surface area contributed by atoms with Crippen molar-refractivity contribution in [1.82, 2.24) is 0 Å². The van der Waals surface area contributed by atoms with Gasteiger partial charge in [0.2, 0.25) is 0 Å². The van der Waals surface area contributed by atoms with Gasteiger partial charge in [0, 0.05) is 17.8 Å². The lowest BCUT2D eigenvalue weighted by Gasteiger charge is -2.35. The third-order valence-corrected chi connectivity index (χ3v) is 4.18. The number of aromatic hydroxyl groups is 1. The first-order valence-electron chi connectivity index (χ1n) is 7.40. The summed E-state index contributed by atoms with van der Waals surface area (Å²) >= 11 is 0. The molecule has 4 heteroatoms. The van der Waals surface area contributed by atoms with Crippen LogP contribution in [0.25, 0.3) is 0 Å². The minimum Gasteiger partial charge on any atom is -0.507 e. The van der Waals surface area contributed by atoms with Crippen LogP contribution >= 0.6 is 0 Å². The Morgan fingerprint density at radius 2 is 2.05 bits per heavy atom. The molecule has 0 aromatic heterocycles. The van der Waals surface area contributed by atoms with E-state index in [2.05, 4.69) is 6.07 Å². The molecule has 0 radical (unpaired) electrons. The molecule has 0 bridgehead atoms. The van der Waals surface area contributed by atoms with E-state index >= 15 is 0 Å². The quantitative estimate of drug-likeness (QED) is 0.924. The number of fused-ring (bicyclic) bond motifs is 1. The summed E-state index contributed by atoms with van der Waals surface area (Å²) in [6.45, 7) is 2.04. The van der Waals surface area contributed by atoms with E-state index in [1.165, 1.54) is 18.7 Å². The van der Waals surface area contributed by atoms with E-state index < -0.39 is 0 Å². The van der Waals surface area contributed by atoms with E-state index in [1.807, 2.05) is 25.1 Å². The molecular formula is C18H19NO3. The predicted molar refractivity (Wildman–Crippen MR) is 85.7 cm³/mol. The maximum atomic E-state index is 12.9. The number of nitrogens with zero attached hydrogens (tertiary/aromatic N) is 1. The molecule has 1 amide bonds. The molecule has 3 rings (SSSR count). The summed E-state index contributed by atoms with van der Waals surface area (Å²) < 4.78 is 5.07. The van der Waals surface area contributed by atoms with Crippen LogP contribution in [-0.2, 0) is 6.42 Å². The Bertz CT molecular complexity index is 711. The molecule has 1 heterocycles. The van der Waals surface area contributed by atoms with Crippen LogP contribution in [0.5, 0.6) is 11.5 Å². The molecule has 0 spiro atoms. The summed E-state index contributed by atoms with van der Waals surface area (Å²) in [5, 5.41) is 10.1. The number of phenolic OH excluding ortho intramolecular Hbond substituents is 1. The Hall–Kier alpha value is -2.49. The molecule has 4 nitrogen and oxygen atoms in total. The first kappa shape index (κ1) is 14.4.